The Balaban J connectivity index is 1.83. The molecule has 5 heteroatoms. The van der Waals surface area contributed by atoms with Gasteiger partial charge in [-0.25, -0.2) is 0 Å². The Morgan fingerprint density at radius 1 is 1.00 bits per heavy atom. The number of amides is 2. The maximum absolute atomic E-state index is 12.6. The van der Waals surface area contributed by atoms with E-state index < -0.39 is 0 Å². The minimum Gasteiger partial charge on any atom is -0.368 e. The fourth-order valence-corrected chi connectivity index (χ4v) is 3.80. The maximum Gasteiger partial charge on any atom is 0.226 e. The van der Waals surface area contributed by atoms with Gasteiger partial charge in [0.15, 0.2) is 0 Å². The highest BCUT2D eigenvalue weighted by Crippen LogP contribution is 2.27. The van der Waals surface area contributed by atoms with Crippen molar-refractivity contribution in [1.29, 1.82) is 0 Å². The van der Waals surface area contributed by atoms with Crippen molar-refractivity contribution in [2.45, 2.75) is 54.4 Å². The molecule has 0 aromatic heterocycles. The number of nitrogens with one attached hydrogen (secondary N) is 1. The van der Waals surface area contributed by atoms with E-state index in [1.165, 1.54) is 0 Å². The van der Waals surface area contributed by atoms with E-state index in [9.17, 15) is 9.59 Å². The van der Waals surface area contributed by atoms with Crippen LogP contribution in [-0.2, 0) is 9.59 Å². The first kappa shape index (κ1) is 22.3. The molecule has 1 aromatic rings. The van der Waals surface area contributed by atoms with Crippen LogP contribution in [-0.4, -0.2) is 42.9 Å². The Morgan fingerprint density at radius 2 is 1.57 bits per heavy atom. The number of hydrogen-bond acceptors (Lipinski definition) is 3. The fraction of sp³-hybridized carbons (Fsp3) is 0.652. The molecule has 1 aliphatic rings. The molecule has 0 aliphatic carbocycles. The number of piperazine rings is 1. The fourth-order valence-electron chi connectivity index (χ4n) is 3.80. The SMILES string of the molecule is CC(C)C(=O)Nc1ccc(N2CCN(C(=O)C[C@H](C)CC(C)(C)C)CC2)cc1. The van der Waals surface area contributed by atoms with E-state index in [2.05, 4.69) is 37.9 Å². The van der Waals surface area contributed by atoms with E-state index >= 15 is 0 Å². The Bertz CT molecular complexity index is 653. The quantitative estimate of drug-likeness (QED) is 0.787. The number of rotatable bonds is 6. The van der Waals surface area contributed by atoms with Crippen LogP contribution in [0.15, 0.2) is 24.3 Å². The van der Waals surface area contributed by atoms with Crippen molar-refractivity contribution in [2.75, 3.05) is 36.4 Å². The van der Waals surface area contributed by atoms with Gasteiger partial charge in [-0.3, -0.25) is 9.59 Å². The molecular weight excluding hydrogens is 350 g/mol. The first-order valence-electron chi connectivity index (χ1n) is 10.5. The van der Waals surface area contributed by atoms with Crippen LogP contribution in [0.4, 0.5) is 11.4 Å². The molecule has 28 heavy (non-hydrogen) atoms. The number of nitrogens with zero attached hydrogens (tertiary/aromatic N) is 2. The summed E-state index contributed by atoms with van der Waals surface area (Å²) < 4.78 is 0. The molecule has 0 bridgehead atoms. The Kier molecular flexibility index (Phi) is 7.50. The summed E-state index contributed by atoms with van der Waals surface area (Å²) in [5, 5.41) is 2.92. The number of benzene rings is 1. The van der Waals surface area contributed by atoms with Gasteiger partial charge in [-0.05, 0) is 42.0 Å². The first-order chi connectivity index (χ1) is 13.0. The van der Waals surface area contributed by atoms with Crippen molar-refractivity contribution in [3.05, 3.63) is 24.3 Å². The minimum atomic E-state index is -0.0311. The number of carbonyl (C=O) groups is 2. The smallest absolute Gasteiger partial charge is 0.226 e. The molecule has 5 nitrogen and oxygen atoms in total. The molecule has 2 rings (SSSR count). The predicted octanol–water partition coefficient (Wildman–Crippen LogP) is 4.39. The van der Waals surface area contributed by atoms with Crippen molar-refractivity contribution in [3.63, 3.8) is 0 Å². The molecule has 1 heterocycles. The maximum atomic E-state index is 12.6. The lowest BCUT2D eigenvalue weighted by atomic mass is 9.84. The lowest BCUT2D eigenvalue weighted by Crippen LogP contribution is -2.49. The van der Waals surface area contributed by atoms with Gasteiger partial charge in [-0.2, -0.15) is 0 Å². The molecule has 0 unspecified atom stereocenters. The molecule has 1 fully saturated rings. The van der Waals surface area contributed by atoms with Gasteiger partial charge < -0.3 is 15.1 Å². The van der Waals surface area contributed by atoms with E-state index in [-0.39, 0.29) is 23.1 Å². The molecule has 0 radical (unpaired) electrons. The van der Waals surface area contributed by atoms with E-state index in [0.29, 0.717) is 12.3 Å². The topological polar surface area (TPSA) is 52.7 Å². The van der Waals surface area contributed by atoms with Gasteiger partial charge in [0, 0.05) is 49.9 Å². The summed E-state index contributed by atoms with van der Waals surface area (Å²) in [5.41, 5.74) is 2.22. The van der Waals surface area contributed by atoms with Crippen molar-refractivity contribution in [1.82, 2.24) is 4.90 Å². The first-order valence-corrected chi connectivity index (χ1v) is 10.5. The molecular formula is C23H37N3O2. The summed E-state index contributed by atoms with van der Waals surface area (Å²) in [6, 6.07) is 7.97. The number of carbonyl (C=O) groups excluding carboxylic acids is 2. The second kappa shape index (κ2) is 9.44. The van der Waals surface area contributed by atoms with Crippen LogP contribution in [0.5, 0.6) is 0 Å². The summed E-state index contributed by atoms with van der Waals surface area (Å²) in [6.07, 6.45) is 1.71. The predicted molar refractivity (Wildman–Crippen MR) is 117 cm³/mol. The normalized spacial score (nSPS) is 16.2. The average molecular weight is 388 g/mol. The van der Waals surface area contributed by atoms with E-state index in [1.807, 2.05) is 43.0 Å². The summed E-state index contributed by atoms with van der Waals surface area (Å²) >= 11 is 0. The van der Waals surface area contributed by atoms with Crippen LogP contribution in [0.3, 0.4) is 0 Å². The van der Waals surface area contributed by atoms with Gasteiger partial charge in [0.2, 0.25) is 11.8 Å². The lowest BCUT2D eigenvalue weighted by Gasteiger charge is -2.37. The lowest BCUT2D eigenvalue weighted by molar-refractivity contribution is -0.132. The van der Waals surface area contributed by atoms with E-state index in [4.69, 9.17) is 0 Å². The second-order valence-electron chi connectivity index (χ2n) is 9.63. The number of anilines is 2. The van der Waals surface area contributed by atoms with Crippen LogP contribution < -0.4 is 10.2 Å². The van der Waals surface area contributed by atoms with Crippen LogP contribution in [0.2, 0.25) is 0 Å². The van der Waals surface area contributed by atoms with Crippen molar-refractivity contribution in [2.24, 2.45) is 17.3 Å². The van der Waals surface area contributed by atoms with E-state index in [1.54, 1.807) is 0 Å². The van der Waals surface area contributed by atoms with Gasteiger partial charge in [0.25, 0.3) is 0 Å². The Hall–Kier alpha value is -2.04. The molecule has 1 aromatic carbocycles. The third kappa shape index (κ3) is 6.84. The highest BCUT2D eigenvalue weighted by Gasteiger charge is 2.24. The Morgan fingerprint density at radius 3 is 2.07 bits per heavy atom. The van der Waals surface area contributed by atoms with Crippen LogP contribution in [0, 0.1) is 17.3 Å². The van der Waals surface area contributed by atoms with Crippen molar-refractivity contribution in [3.8, 4) is 0 Å². The standard InChI is InChI=1S/C23H37N3O2/c1-17(2)22(28)24-19-7-9-20(10-8-19)25-11-13-26(14-12-25)21(27)15-18(3)16-23(4,5)6/h7-10,17-18H,11-16H2,1-6H3,(H,24,28)/t18-/m0/s1. The summed E-state index contributed by atoms with van der Waals surface area (Å²) in [4.78, 5) is 28.7. The third-order valence-electron chi connectivity index (χ3n) is 5.14. The van der Waals surface area contributed by atoms with Crippen LogP contribution >= 0.6 is 0 Å². The zero-order valence-electron chi connectivity index (χ0n) is 18.4. The molecule has 0 spiro atoms. The molecule has 156 valence electrons. The zero-order valence-corrected chi connectivity index (χ0v) is 18.4. The zero-order chi connectivity index (χ0) is 20.9. The molecule has 0 saturated carbocycles. The monoisotopic (exact) mass is 387 g/mol. The second-order valence-corrected chi connectivity index (χ2v) is 9.63. The van der Waals surface area contributed by atoms with Crippen LogP contribution in [0.25, 0.3) is 0 Å². The van der Waals surface area contributed by atoms with Gasteiger partial charge in [0.1, 0.15) is 0 Å². The van der Waals surface area contributed by atoms with Gasteiger partial charge in [-0.1, -0.05) is 41.5 Å². The van der Waals surface area contributed by atoms with E-state index in [0.717, 1.165) is 44.0 Å². The van der Waals surface area contributed by atoms with Crippen molar-refractivity contribution >= 4 is 23.2 Å². The number of hydrogen-bond donors (Lipinski definition) is 1. The molecule has 1 N–H and O–H groups in total. The summed E-state index contributed by atoms with van der Waals surface area (Å²) in [6.45, 7) is 15.9. The molecule has 1 aliphatic heterocycles. The van der Waals surface area contributed by atoms with Gasteiger partial charge in [0.05, 0.1) is 0 Å². The van der Waals surface area contributed by atoms with Gasteiger partial charge in [-0.15, -0.1) is 0 Å². The summed E-state index contributed by atoms with van der Waals surface area (Å²) in [5.74, 6) is 0.694. The minimum absolute atomic E-state index is 0.0283. The highest BCUT2D eigenvalue weighted by molar-refractivity contribution is 5.92. The molecule has 2 amide bonds. The molecule has 1 saturated heterocycles. The third-order valence-corrected chi connectivity index (χ3v) is 5.14. The Labute approximate surface area is 170 Å². The summed E-state index contributed by atoms with van der Waals surface area (Å²) in [7, 11) is 0. The largest absolute Gasteiger partial charge is 0.368 e. The average Bonchev–Trinajstić information content (AvgIpc) is 2.60. The highest BCUT2D eigenvalue weighted by atomic mass is 16.2. The van der Waals surface area contributed by atoms with Crippen LogP contribution in [0.1, 0.15) is 54.4 Å². The van der Waals surface area contributed by atoms with Crippen molar-refractivity contribution < 1.29 is 9.59 Å². The molecule has 1 atom stereocenters. The van der Waals surface area contributed by atoms with Gasteiger partial charge >= 0.3 is 0 Å².